The van der Waals surface area contributed by atoms with E-state index in [4.69, 9.17) is 14.2 Å². The zero-order valence-electron chi connectivity index (χ0n) is 21.6. The topological polar surface area (TPSA) is 90.9 Å². The number of halogens is 1. The smallest absolute Gasteiger partial charge is 0.309 e. The molecule has 1 amide bonds. The van der Waals surface area contributed by atoms with Crippen molar-refractivity contribution < 1.29 is 28.2 Å². The van der Waals surface area contributed by atoms with Crippen molar-refractivity contribution in [2.45, 2.75) is 31.3 Å². The van der Waals surface area contributed by atoms with Gasteiger partial charge in [0.25, 0.3) is 5.91 Å². The molecule has 1 saturated carbocycles. The lowest BCUT2D eigenvalue weighted by molar-refractivity contribution is -0.146. The van der Waals surface area contributed by atoms with E-state index in [1.165, 1.54) is 19.2 Å². The van der Waals surface area contributed by atoms with Gasteiger partial charge in [-0.15, -0.1) is 5.10 Å². The number of amides is 1. The summed E-state index contributed by atoms with van der Waals surface area (Å²) in [5.41, 5.74) is 2.99. The first-order valence-corrected chi connectivity index (χ1v) is 13.0. The number of esters is 1. The standard InChI is InChI=1S/C28H28FN3O5S/c1-16-25(38-31-30-16)26(33)32(2)20-9-10-23(35-3)22(13-20)18-14-28(37-15-18)12-11-21(27(34)36-4)24(28)17-5-7-19(29)8-6-17/h5-10,13-14,21,24H,11-12,15H2,1-4H3/t21-,24+,28+/m0/s1. The molecule has 0 unspecified atom stereocenters. The van der Waals surface area contributed by atoms with E-state index in [0.29, 0.717) is 41.5 Å². The van der Waals surface area contributed by atoms with Crippen LogP contribution in [0.1, 0.15) is 45.3 Å². The van der Waals surface area contributed by atoms with Crippen LogP contribution in [-0.2, 0) is 14.3 Å². The van der Waals surface area contributed by atoms with E-state index < -0.39 is 11.5 Å². The predicted molar refractivity (Wildman–Crippen MR) is 141 cm³/mol. The van der Waals surface area contributed by atoms with Crippen LogP contribution in [0.15, 0.2) is 48.5 Å². The average Bonchev–Trinajstić information content (AvgIpc) is 3.66. The third kappa shape index (κ3) is 4.48. The van der Waals surface area contributed by atoms with Crippen LogP contribution in [0, 0.1) is 18.7 Å². The Morgan fingerprint density at radius 1 is 1.18 bits per heavy atom. The molecule has 0 bridgehead atoms. The van der Waals surface area contributed by atoms with Crippen molar-refractivity contribution in [3.8, 4) is 5.75 Å². The highest BCUT2D eigenvalue weighted by atomic mass is 32.1. The molecule has 1 fully saturated rings. The minimum atomic E-state index is -0.764. The molecule has 198 valence electrons. The first-order valence-electron chi connectivity index (χ1n) is 12.2. The number of rotatable bonds is 6. The van der Waals surface area contributed by atoms with Crippen LogP contribution < -0.4 is 9.64 Å². The number of ether oxygens (including phenoxy) is 3. The van der Waals surface area contributed by atoms with E-state index in [1.807, 2.05) is 18.2 Å². The summed E-state index contributed by atoms with van der Waals surface area (Å²) in [6.45, 7) is 2.05. The van der Waals surface area contributed by atoms with Crippen molar-refractivity contribution >= 4 is 34.7 Å². The Morgan fingerprint density at radius 2 is 1.95 bits per heavy atom. The molecule has 1 aliphatic heterocycles. The third-order valence-electron chi connectivity index (χ3n) is 7.49. The summed E-state index contributed by atoms with van der Waals surface area (Å²) in [6, 6.07) is 11.7. The summed E-state index contributed by atoms with van der Waals surface area (Å²) in [5, 5.41) is 3.95. The van der Waals surface area contributed by atoms with Gasteiger partial charge in [-0.25, -0.2) is 4.39 Å². The lowest BCUT2D eigenvalue weighted by atomic mass is 9.79. The monoisotopic (exact) mass is 537 g/mol. The van der Waals surface area contributed by atoms with Crippen molar-refractivity contribution in [1.82, 2.24) is 9.59 Å². The maximum Gasteiger partial charge on any atom is 0.309 e. The van der Waals surface area contributed by atoms with Crippen molar-refractivity contribution in [1.29, 1.82) is 0 Å². The quantitative estimate of drug-likeness (QED) is 0.418. The van der Waals surface area contributed by atoms with Crippen LogP contribution in [0.3, 0.4) is 0 Å². The fourth-order valence-corrected chi connectivity index (χ4v) is 6.19. The highest BCUT2D eigenvalue weighted by Gasteiger charge is 2.54. The molecule has 5 rings (SSSR count). The van der Waals surface area contributed by atoms with Gasteiger partial charge in [0, 0.05) is 24.2 Å². The zero-order chi connectivity index (χ0) is 27.0. The number of carbonyl (C=O) groups excluding carboxylic acids is 2. The molecule has 2 heterocycles. The Balaban J connectivity index is 1.53. The van der Waals surface area contributed by atoms with Gasteiger partial charge in [0.05, 0.1) is 38.0 Å². The number of hydrogen-bond donors (Lipinski definition) is 0. The molecular weight excluding hydrogens is 509 g/mol. The van der Waals surface area contributed by atoms with Crippen LogP contribution in [-0.4, -0.2) is 54.9 Å². The molecule has 0 radical (unpaired) electrons. The van der Waals surface area contributed by atoms with Gasteiger partial charge in [-0.05, 0) is 78.8 Å². The number of aromatic nitrogens is 2. The van der Waals surface area contributed by atoms with Gasteiger partial charge >= 0.3 is 5.97 Å². The van der Waals surface area contributed by atoms with E-state index in [2.05, 4.69) is 15.7 Å². The third-order valence-corrected chi connectivity index (χ3v) is 8.31. The Kier molecular flexibility index (Phi) is 7.02. The van der Waals surface area contributed by atoms with E-state index in [1.54, 1.807) is 38.1 Å². The number of methoxy groups -OCH3 is 2. The highest BCUT2D eigenvalue weighted by Crippen LogP contribution is 2.54. The second-order valence-corrected chi connectivity index (χ2v) is 10.3. The maximum absolute atomic E-state index is 13.7. The van der Waals surface area contributed by atoms with E-state index in [0.717, 1.165) is 28.2 Å². The normalized spacial score (nSPS) is 22.4. The minimum absolute atomic E-state index is 0.199. The first kappa shape index (κ1) is 26.0. The largest absolute Gasteiger partial charge is 0.496 e. The summed E-state index contributed by atoms with van der Waals surface area (Å²) in [4.78, 5) is 27.8. The van der Waals surface area contributed by atoms with Crippen LogP contribution >= 0.6 is 11.5 Å². The maximum atomic E-state index is 13.7. The van der Waals surface area contributed by atoms with Gasteiger partial charge in [-0.3, -0.25) is 9.59 Å². The van der Waals surface area contributed by atoms with Gasteiger partial charge in [0.2, 0.25) is 0 Å². The van der Waals surface area contributed by atoms with Crippen molar-refractivity contribution in [3.05, 3.63) is 76.1 Å². The van der Waals surface area contributed by atoms with Crippen molar-refractivity contribution in [2.24, 2.45) is 5.92 Å². The fourth-order valence-electron chi connectivity index (χ4n) is 5.56. The molecule has 0 N–H and O–H groups in total. The second kappa shape index (κ2) is 10.3. The van der Waals surface area contributed by atoms with Crippen molar-refractivity contribution in [2.75, 3.05) is 32.8 Å². The molecular formula is C28H28FN3O5S. The average molecular weight is 538 g/mol. The number of benzene rings is 2. The molecule has 38 heavy (non-hydrogen) atoms. The van der Waals surface area contributed by atoms with Crippen LogP contribution in [0.2, 0.25) is 0 Å². The number of nitrogens with zero attached hydrogens (tertiary/aromatic N) is 3. The van der Waals surface area contributed by atoms with E-state index in [9.17, 15) is 14.0 Å². The molecule has 10 heteroatoms. The van der Waals surface area contributed by atoms with Gasteiger partial charge in [-0.2, -0.15) is 0 Å². The van der Waals surface area contributed by atoms with E-state index >= 15 is 0 Å². The first-order chi connectivity index (χ1) is 18.3. The Morgan fingerprint density at radius 3 is 2.61 bits per heavy atom. The summed E-state index contributed by atoms with van der Waals surface area (Å²) in [6.07, 6.45) is 3.25. The second-order valence-electron chi connectivity index (χ2n) is 9.55. The molecule has 2 aromatic carbocycles. The molecule has 3 atom stereocenters. The molecule has 0 saturated heterocycles. The van der Waals surface area contributed by atoms with E-state index in [-0.39, 0.29) is 23.6 Å². The lowest BCUT2D eigenvalue weighted by Crippen LogP contribution is -2.34. The molecule has 1 aromatic heterocycles. The fraction of sp³-hybridized carbons (Fsp3) is 0.357. The molecule has 1 aliphatic carbocycles. The number of hydrogen-bond acceptors (Lipinski definition) is 8. The summed E-state index contributed by atoms with van der Waals surface area (Å²) in [5.74, 6) is -0.979. The van der Waals surface area contributed by atoms with Crippen molar-refractivity contribution in [3.63, 3.8) is 0 Å². The van der Waals surface area contributed by atoms with Crippen LogP contribution in [0.25, 0.3) is 5.57 Å². The molecule has 3 aromatic rings. The number of anilines is 1. The van der Waals surface area contributed by atoms with Crippen LogP contribution in [0.5, 0.6) is 5.75 Å². The van der Waals surface area contributed by atoms with Gasteiger partial charge in [0.1, 0.15) is 16.4 Å². The summed E-state index contributed by atoms with van der Waals surface area (Å²) >= 11 is 1.06. The van der Waals surface area contributed by atoms with Crippen LogP contribution in [0.4, 0.5) is 10.1 Å². The highest BCUT2D eigenvalue weighted by molar-refractivity contribution is 7.08. The summed E-state index contributed by atoms with van der Waals surface area (Å²) < 4.78 is 34.8. The lowest BCUT2D eigenvalue weighted by Gasteiger charge is -2.31. The van der Waals surface area contributed by atoms with Gasteiger partial charge in [-0.1, -0.05) is 16.6 Å². The number of carbonyl (C=O) groups is 2. The van der Waals surface area contributed by atoms with Gasteiger partial charge < -0.3 is 19.1 Å². The predicted octanol–water partition coefficient (Wildman–Crippen LogP) is 4.79. The SMILES string of the molecule is COC(=O)[C@H]1CC[C@@]2(C=C(c3cc(N(C)C(=O)c4snnc4C)ccc3OC)CO2)[C@@H]1c1ccc(F)cc1. The summed E-state index contributed by atoms with van der Waals surface area (Å²) in [7, 11) is 4.68. The minimum Gasteiger partial charge on any atom is -0.496 e. The Labute approximate surface area is 224 Å². The zero-order valence-corrected chi connectivity index (χ0v) is 22.4. The Hall–Kier alpha value is -3.63. The molecule has 1 spiro atoms. The number of aryl methyl sites for hydroxylation is 1. The molecule has 8 nitrogen and oxygen atoms in total. The molecule has 2 aliphatic rings. The Bertz CT molecular complexity index is 1410. The van der Waals surface area contributed by atoms with Gasteiger partial charge in [0.15, 0.2) is 0 Å².